The van der Waals surface area contributed by atoms with E-state index in [1.165, 1.54) is 4.68 Å². The van der Waals surface area contributed by atoms with Crippen LogP contribution in [0, 0.1) is 0 Å². The van der Waals surface area contributed by atoms with Crippen LogP contribution in [0.25, 0.3) is 22.2 Å². The summed E-state index contributed by atoms with van der Waals surface area (Å²) in [6, 6.07) is 2.81. The number of hydrogen-bond donors (Lipinski definition) is 4. The zero-order valence-corrected chi connectivity index (χ0v) is 19.9. The van der Waals surface area contributed by atoms with Crippen molar-refractivity contribution in [2.75, 3.05) is 32.9 Å². The summed E-state index contributed by atoms with van der Waals surface area (Å²) in [5.74, 6) is -0.866. The second-order valence-electron chi connectivity index (χ2n) is 8.06. The van der Waals surface area contributed by atoms with E-state index in [0.29, 0.717) is 72.5 Å². The van der Waals surface area contributed by atoms with E-state index >= 15 is 0 Å². The number of aliphatic hydroxyl groups excluding tert-OH is 1. The molecule has 182 valence electrons. The lowest BCUT2D eigenvalue weighted by atomic mass is 9.99. The van der Waals surface area contributed by atoms with Gasteiger partial charge in [0.15, 0.2) is 0 Å². The van der Waals surface area contributed by atoms with Crippen molar-refractivity contribution in [1.29, 1.82) is 0 Å². The van der Waals surface area contributed by atoms with Gasteiger partial charge in [-0.1, -0.05) is 23.2 Å². The summed E-state index contributed by atoms with van der Waals surface area (Å²) in [5, 5.41) is 15.4. The summed E-state index contributed by atoms with van der Waals surface area (Å²) in [6.45, 7) is 1.36. The number of H-pyrrole nitrogens is 1. The van der Waals surface area contributed by atoms with Gasteiger partial charge < -0.3 is 31.2 Å². The van der Waals surface area contributed by atoms with Crippen LogP contribution in [0.5, 0.6) is 0 Å². The van der Waals surface area contributed by atoms with Crippen molar-refractivity contribution >= 4 is 45.9 Å². The molecular formula is C22H26Cl2N6O4. The van der Waals surface area contributed by atoms with E-state index in [-0.39, 0.29) is 5.91 Å². The number of hydrogen-bond acceptors (Lipinski definition) is 6. The van der Waals surface area contributed by atoms with Crippen LogP contribution >= 0.6 is 23.2 Å². The van der Waals surface area contributed by atoms with Crippen LogP contribution in [0.4, 0.5) is 0 Å². The third-order valence-electron chi connectivity index (χ3n) is 5.96. The van der Waals surface area contributed by atoms with Crippen molar-refractivity contribution in [3.05, 3.63) is 39.6 Å². The number of aliphatic hydroxyl groups is 1. The maximum Gasteiger partial charge on any atom is 0.248 e. The molecule has 1 aliphatic rings. The van der Waals surface area contributed by atoms with E-state index in [1.54, 1.807) is 23.2 Å². The average Bonchev–Trinajstić information content (AvgIpc) is 3.45. The van der Waals surface area contributed by atoms with Gasteiger partial charge >= 0.3 is 0 Å². The number of ether oxygens (including phenoxy) is 1. The van der Waals surface area contributed by atoms with Crippen molar-refractivity contribution in [1.82, 2.24) is 19.7 Å². The number of nitrogens with two attached hydrogens (primary N) is 2. The highest BCUT2D eigenvalue weighted by atomic mass is 35.5. The Morgan fingerprint density at radius 2 is 2.12 bits per heavy atom. The molecule has 6 N–H and O–H groups in total. The number of carbonyl (C=O) groups is 2. The molecule has 10 nitrogen and oxygen atoms in total. The van der Waals surface area contributed by atoms with Crippen LogP contribution in [-0.4, -0.2) is 69.5 Å². The topological polar surface area (TPSA) is 152 Å². The first kappa shape index (κ1) is 24.5. The predicted molar refractivity (Wildman–Crippen MR) is 128 cm³/mol. The van der Waals surface area contributed by atoms with Gasteiger partial charge in [0.2, 0.25) is 11.8 Å². The third kappa shape index (κ3) is 4.64. The van der Waals surface area contributed by atoms with Crippen molar-refractivity contribution in [3.63, 3.8) is 0 Å². The lowest BCUT2D eigenvalue weighted by Crippen LogP contribution is -2.37. The number of primary amides is 1. The number of aromatic amines is 1. The fourth-order valence-electron chi connectivity index (χ4n) is 4.29. The van der Waals surface area contributed by atoms with E-state index < -0.39 is 18.6 Å². The zero-order valence-electron chi connectivity index (χ0n) is 18.4. The first-order chi connectivity index (χ1) is 16.3. The standard InChI is InChI=1S/C22H26Cl2N6O4/c23-14-9-12(16-2-6-30(28-16)17(22(26)33)3-7-34-8-4-25)19-13-10-29(18(32)11-31)5-1-15(13)27-21(19)20(14)24/h2,6,9,17,27,31H,1,3-5,7-8,10-11,25H2,(H2,26,33). The fourth-order valence-corrected chi connectivity index (χ4v) is 4.69. The number of rotatable bonds is 9. The Labute approximate surface area is 205 Å². The first-order valence-electron chi connectivity index (χ1n) is 10.9. The van der Waals surface area contributed by atoms with Gasteiger partial charge in [-0.3, -0.25) is 14.3 Å². The minimum absolute atomic E-state index is 0.317. The molecule has 0 bridgehead atoms. The number of halogens is 2. The van der Waals surface area contributed by atoms with E-state index in [4.69, 9.17) is 39.4 Å². The molecule has 3 heterocycles. The summed E-state index contributed by atoms with van der Waals surface area (Å²) in [4.78, 5) is 29.2. The van der Waals surface area contributed by atoms with Gasteiger partial charge in [0.05, 0.1) is 27.9 Å². The van der Waals surface area contributed by atoms with Gasteiger partial charge in [-0.15, -0.1) is 0 Å². The van der Waals surface area contributed by atoms with Crippen molar-refractivity contribution in [3.8, 4) is 11.3 Å². The molecule has 0 fully saturated rings. The molecule has 4 rings (SSSR count). The lowest BCUT2D eigenvalue weighted by Gasteiger charge is -2.26. The molecule has 2 amide bonds. The summed E-state index contributed by atoms with van der Waals surface area (Å²) < 4.78 is 6.91. The molecule has 0 saturated heterocycles. The molecule has 3 aromatic rings. The Morgan fingerprint density at radius 3 is 2.82 bits per heavy atom. The molecule has 1 unspecified atom stereocenters. The molecule has 0 saturated carbocycles. The SMILES string of the molecule is NCCOCCC(C(N)=O)n1ccc(-c2cc(Cl)c(Cl)c3[nH]c4c(c23)CN(C(=O)CO)CC4)n1. The Kier molecular flexibility index (Phi) is 7.44. The number of aromatic nitrogens is 3. The summed E-state index contributed by atoms with van der Waals surface area (Å²) in [5.41, 5.74) is 14.8. The van der Waals surface area contributed by atoms with Crippen LogP contribution in [0.1, 0.15) is 23.7 Å². The summed E-state index contributed by atoms with van der Waals surface area (Å²) >= 11 is 13.0. The summed E-state index contributed by atoms with van der Waals surface area (Å²) in [6.07, 6.45) is 2.62. The Bertz CT molecular complexity index is 1220. The number of carbonyl (C=O) groups excluding carboxylic acids is 2. The molecule has 0 radical (unpaired) electrons. The Morgan fingerprint density at radius 1 is 1.32 bits per heavy atom. The number of nitrogens with one attached hydrogen (secondary N) is 1. The smallest absolute Gasteiger partial charge is 0.248 e. The molecule has 0 spiro atoms. The molecule has 34 heavy (non-hydrogen) atoms. The van der Waals surface area contributed by atoms with Crippen molar-refractivity contribution in [2.24, 2.45) is 11.5 Å². The molecular weight excluding hydrogens is 483 g/mol. The van der Waals surface area contributed by atoms with Crippen molar-refractivity contribution < 1.29 is 19.4 Å². The number of benzene rings is 1. The highest BCUT2D eigenvalue weighted by Gasteiger charge is 2.28. The molecule has 12 heteroatoms. The fraction of sp³-hybridized carbons (Fsp3) is 0.409. The Hall–Kier alpha value is -2.63. The predicted octanol–water partition coefficient (Wildman–Crippen LogP) is 1.61. The van der Waals surface area contributed by atoms with Gasteiger partial charge in [0.1, 0.15) is 12.6 Å². The normalized spacial score (nSPS) is 14.4. The van der Waals surface area contributed by atoms with Gasteiger partial charge in [0, 0.05) is 67.5 Å². The van der Waals surface area contributed by atoms with Crippen LogP contribution in [0.2, 0.25) is 10.0 Å². The van der Waals surface area contributed by atoms with E-state index in [1.807, 2.05) is 0 Å². The summed E-state index contributed by atoms with van der Waals surface area (Å²) in [7, 11) is 0. The minimum atomic E-state index is -0.692. The van der Waals surface area contributed by atoms with Gasteiger partial charge in [-0.2, -0.15) is 5.10 Å². The second-order valence-corrected chi connectivity index (χ2v) is 8.85. The van der Waals surface area contributed by atoms with Crippen LogP contribution in [-0.2, 0) is 27.3 Å². The van der Waals surface area contributed by atoms with Gasteiger partial charge in [-0.25, -0.2) is 0 Å². The molecule has 2 aromatic heterocycles. The Balaban J connectivity index is 1.75. The highest BCUT2D eigenvalue weighted by Crippen LogP contribution is 2.42. The van der Waals surface area contributed by atoms with E-state index in [9.17, 15) is 14.7 Å². The van der Waals surface area contributed by atoms with Crippen LogP contribution in [0.15, 0.2) is 18.3 Å². The molecule has 1 aliphatic heterocycles. The largest absolute Gasteiger partial charge is 0.387 e. The second kappa shape index (κ2) is 10.3. The lowest BCUT2D eigenvalue weighted by molar-refractivity contribution is -0.135. The number of nitrogens with zero attached hydrogens (tertiary/aromatic N) is 3. The van der Waals surface area contributed by atoms with E-state index in [2.05, 4.69) is 10.1 Å². The molecule has 1 atom stereocenters. The maximum atomic E-state index is 12.1. The van der Waals surface area contributed by atoms with Gasteiger partial charge in [0.25, 0.3) is 0 Å². The maximum absolute atomic E-state index is 12.1. The molecule has 0 aliphatic carbocycles. The first-order valence-corrected chi connectivity index (χ1v) is 11.6. The number of amides is 2. The number of fused-ring (bicyclic) bond motifs is 3. The van der Waals surface area contributed by atoms with Gasteiger partial charge in [-0.05, 0) is 12.1 Å². The van der Waals surface area contributed by atoms with Crippen LogP contribution in [0.3, 0.4) is 0 Å². The monoisotopic (exact) mass is 508 g/mol. The molecule has 1 aromatic carbocycles. The zero-order chi connectivity index (χ0) is 24.4. The minimum Gasteiger partial charge on any atom is -0.387 e. The van der Waals surface area contributed by atoms with Crippen molar-refractivity contribution in [2.45, 2.75) is 25.4 Å². The third-order valence-corrected chi connectivity index (χ3v) is 6.75. The average molecular weight is 509 g/mol. The highest BCUT2D eigenvalue weighted by molar-refractivity contribution is 6.45. The van der Waals surface area contributed by atoms with Crippen LogP contribution < -0.4 is 11.5 Å². The quantitative estimate of drug-likeness (QED) is 0.322. The van der Waals surface area contributed by atoms with E-state index in [0.717, 1.165) is 16.6 Å².